The van der Waals surface area contributed by atoms with Gasteiger partial charge < -0.3 is 34.3 Å². The van der Waals surface area contributed by atoms with Gasteiger partial charge in [0.1, 0.15) is 5.54 Å². The lowest BCUT2D eigenvalue weighted by molar-refractivity contribution is -0.143. The van der Waals surface area contributed by atoms with E-state index >= 15 is 0 Å². The Morgan fingerprint density at radius 3 is 2.38 bits per heavy atom. The lowest BCUT2D eigenvalue weighted by Crippen LogP contribution is -2.65. The molecule has 1 aromatic heterocycles. The molecule has 0 unspecified atom stereocenters. The summed E-state index contributed by atoms with van der Waals surface area (Å²) in [5.74, 6) is 0.419. The largest absolute Gasteiger partial charge is 0.493 e. The van der Waals surface area contributed by atoms with Crippen molar-refractivity contribution >= 4 is 35.4 Å². The Kier molecular flexibility index (Phi) is 8.40. The van der Waals surface area contributed by atoms with Gasteiger partial charge in [-0.3, -0.25) is 14.4 Å². The van der Waals surface area contributed by atoms with Crippen LogP contribution in [0.25, 0.3) is 6.08 Å². The molecule has 0 bridgehead atoms. The van der Waals surface area contributed by atoms with E-state index in [-0.39, 0.29) is 17.6 Å². The van der Waals surface area contributed by atoms with E-state index in [4.69, 9.17) is 25.5 Å². The summed E-state index contributed by atoms with van der Waals surface area (Å²) in [7, 11) is 3.01. The molecule has 37 heavy (non-hydrogen) atoms. The Balaban J connectivity index is 1.43. The van der Waals surface area contributed by atoms with Crippen LogP contribution >= 0.6 is 11.6 Å². The normalized spacial score (nSPS) is 17.5. The number of methoxy groups -OCH3 is 2. The zero-order chi connectivity index (χ0) is 26.4. The van der Waals surface area contributed by atoms with Gasteiger partial charge in [0.05, 0.1) is 25.5 Å². The third kappa shape index (κ3) is 5.75. The Morgan fingerprint density at radius 2 is 1.76 bits per heavy atom. The molecular weight excluding hydrogens is 500 g/mol. The van der Waals surface area contributed by atoms with Gasteiger partial charge in [0, 0.05) is 32.3 Å². The number of carbonyl (C=O) groups excluding carboxylic acids is 3. The minimum Gasteiger partial charge on any atom is -0.493 e. The second-order valence-corrected chi connectivity index (χ2v) is 9.30. The maximum Gasteiger partial charge on any atom is 0.289 e. The van der Waals surface area contributed by atoms with Crippen molar-refractivity contribution < 1.29 is 28.3 Å². The number of furan rings is 1. The molecule has 1 aromatic carbocycles. The molecular formula is C26H31ClN4O6. The summed E-state index contributed by atoms with van der Waals surface area (Å²) in [6, 6.07) is 6.73. The predicted octanol–water partition coefficient (Wildman–Crippen LogP) is 2.19. The average molecular weight is 531 g/mol. The van der Waals surface area contributed by atoms with Crippen LogP contribution in [-0.2, 0) is 9.59 Å². The Morgan fingerprint density at radius 1 is 1.05 bits per heavy atom. The first kappa shape index (κ1) is 26.6. The van der Waals surface area contributed by atoms with Crippen molar-refractivity contribution in [1.29, 1.82) is 0 Å². The van der Waals surface area contributed by atoms with Crippen LogP contribution < -0.4 is 20.1 Å². The van der Waals surface area contributed by atoms with E-state index < -0.39 is 11.4 Å². The smallest absolute Gasteiger partial charge is 0.289 e. The van der Waals surface area contributed by atoms with Crippen molar-refractivity contribution in [2.24, 2.45) is 0 Å². The van der Waals surface area contributed by atoms with Gasteiger partial charge in [-0.15, -0.1) is 0 Å². The highest BCUT2D eigenvalue weighted by molar-refractivity contribution is 6.33. The molecule has 0 radical (unpaired) electrons. The summed E-state index contributed by atoms with van der Waals surface area (Å²) in [6.07, 6.45) is 5.34. The number of halogens is 1. The summed E-state index contributed by atoms with van der Waals surface area (Å²) < 4.78 is 15.8. The molecule has 2 N–H and O–H groups in total. The highest BCUT2D eigenvalue weighted by atomic mass is 35.5. The van der Waals surface area contributed by atoms with Gasteiger partial charge in [0.15, 0.2) is 17.3 Å². The maximum atomic E-state index is 13.7. The van der Waals surface area contributed by atoms with Crippen LogP contribution in [0.2, 0.25) is 5.02 Å². The molecule has 198 valence electrons. The number of piperidine rings is 1. The first-order chi connectivity index (χ1) is 17.9. The standard InChI is InChI=1S/C26H31ClN4O6/c1-35-19-7-5-18(22(27)23(19)36-2)6-8-21(32)29-26(9-11-28-12-10-26)25(34)31-15-13-30(14-16-31)24(33)20-4-3-17-37-20/h3-8,17,28H,9-16H2,1-2H3,(H,29,32)/b8-6-. The lowest BCUT2D eigenvalue weighted by atomic mass is 9.86. The molecule has 2 aliphatic heterocycles. The number of piperazine rings is 1. The van der Waals surface area contributed by atoms with Gasteiger partial charge in [-0.1, -0.05) is 11.6 Å². The number of nitrogens with one attached hydrogen (secondary N) is 2. The van der Waals surface area contributed by atoms with Crippen LogP contribution in [0.3, 0.4) is 0 Å². The summed E-state index contributed by atoms with van der Waals surface area (Å²) >= 11 is 6.42. The molecule has 4 rings (SSSR count). The predicted molar refractivity (Wildman–Crippen MR) is 138 cm³/mol. The Hall–Kier alpha value is -3.50. The fourth-order valence-electron chi connectivity index (χ4n) is 4.69. The van der Waals surface area contributed by atoms with Crippen molar-refractivity contribution in [3.63, 3.8) is 0 Å². The van der Waals surface area contributed by atoms with Gasteiger partial charge in [-0.05, 0) is 61.8 Å². The number of rotatable bonds is 7. The first-order valence-corrected chi connectivity index (χ1v) is 12.5. The topological polar surface area (TPSA) is 113 Å². The Bertz CT molecular complexity index is 1150. The summed E-state index contributed by atoms with van der Waals surface area (Å²) in [6.45, 7) is 2.76. The number of amides is 3. The zero-order valence-corrected chi connectivity index (χ0v) is 21.7. The molecule has 0 aliphatic carbocycles. The fourth-order valence-corrected chi connectivity index (χ4v) is 4.99. The van der Waals surface area contributed by atoms with Crippen LogP contribution in [0.4, 0.5) is 0 Å². The number of hydrogen-bond acceptors (Lipinski definition) is 7. The number of benzene rings is 1. The molecule has 2 aromatic rings. The number of hydrogen-bond donors (Lipinski definition) is 2. The highest BCUT2D eigenvalue weighted by Crippen LogP contribution is 2.37. The summed E-state index contributed by atoms with van der Waals surface area (Å²) in [5.41, 5.74) is -0.446. The zero-order valence-electron chi connectivity index (χ0n) is 20.9. The third-order valence-electron chi connectivity index (χ3n) is 6.74. The molecule has 0 spiro atoms. The average Bonchev–Trinajstić information content (AvgIpc) is 3.47. The summed E-state index contributed by atoms with van der Waals surface area (Å²) in [4.78, 5) is 42.6. The van der Waals surface area contributed by atoms with Gasteiger partial charge >= 0.3 is 0 Å². The highest BCUT2D eigenvalue weighted by Gasteiger charge is 2.44. The van der Waals surface area contributed by atoms with Crippen molar-refractivity contribution in [2.45, 2.75) is 18.4 Å². The van der Waals surface area contributed by atoms with Gasteiger partial charge in [0.25, 0.3) is 5.91 Å². The third-order valence-corrected chi connectivity index (χ3v) is 7.13. The van der Waals surface area contributed by atoms with Gasteiger partial charge in [-0.2, -0.15) is 0 Å². The van der Waals surface area contributed by atoms with Gasteiger partial charge in [-0.25, -0.2) is 0 Å². The quantitative estimate of drug-likeness (QED) is 0.527. The van der Waals surface area contributed by atoms with E-state index in [2.05, 4.69) is 10.6 Å². The Labute approximate surface area is 220 Å². The van der Waals surface area contributed by atoms with Crippen LogP contribution in [0, 0.1) is 0 Å². The van der Waals surface area contributed by atoms with Crippen LogP contribution in [0.5, 0.6) is 11.5 Å². The molecule has 2 saturated heterocycles. The van der Waals surface area contributed by atoms with Crippen molar-refractivity contribution in [1.82, 2.24) is 20.4 Å². The minimum atomic E-state index is -1.03. The van der Waals surface area contributed by atoms with E-state index in [9.17, 15) is 14.4 Å². The molecule has 3 amide bonds. The lowest BCUT2D eigenvalue weighted by Gasteiger charge is -2.43. The second kappa shape index (κ2) is 11.7. The van der Waals surface area contributed by atoms with E-state index in [1.807, 2.05) is 0 Å². The maximum absolute atomic E-state index is 13.7. The SMILES string of the molecule is COc1ccc(/C=C\C(=O)NC2(C(=O)N3CCN(C(=O)c4ccco4)CC3)CCNCC2)c(Cl)c1OC. The summed E-state index contributed by atoms with van der Waals surface area (Å²) in [5, 5.41) is 6.55. The monoisotopic (exact) mass is 530 g/mol. The molecule has 0 saturated carbocycles. The van der Waals surface area contributed by atoms with Crippen LogP contribution in [0.1, 0.15) is 29.0 Å². The van der Waals surface area contributed by atoms with E-state index in [0.29, 0.717) is 74.2 Å². The van der Waals surface area contributed by atoms with Crippen LogP contribution in [-0.4, -0.2) is 86.5 Å². The minimum absolute atomic E-state index is 0.134. The van der Waals surface area contributed by atoms with Crippen molar-refractivity contribution in [3.8, 4) is 11.5 Å². The molecule has 11 heteroatoms. The number of ether oxygens (including phenoxy) is 2. The molecule has 2 fully saturated rings. The fraction of sp³-hybridized carbons (Fsp3) is 0.423. The van der Waals surface area contributed by atoms with E-state index in [1.165, 1.54) is 26.6 Å². The second-order valence-electron chi connectivity index (χ2n) is 8.92. The van der Waals surface area contributed by atoms with Crippen molar-refractivity contribution in [2.75, 3.05) is 53.5 Å². The number of carbonyl (C=O) groups is 3. The van der Waals surface area contributed by atoms with E-state index in [0.717, 1.165) is 0 Å². The molecule has 10 nitrogen and oxygen atoms in total. The van der Waals surface area contributed by atoms with E-state index in [1.54, 1.807) is 40.1 Å². The molecule has 2 aliphatic rings. The van der Waals surface area contributed by atoms with Crippen molar-refractivity contribution in [3.05, 3.63) is 53.0 Å². The van der Waals surface area contributed by atoms with Gasteiger partial charge in [0.2, 0.25) is 11.8 Å². The number of nitrogens with zero attached hydrogens (tertiary/aromatic N) is 2. The van der Waals surface area contributed by atoms with Crippen LogP contribution in [0.15, 0.2) is 41.0 Å². The first-order valence-electron chi connectivity index (χ1n) is 12.1. The molecule has 3 heterocycles. The molecule has 0 atom stereocenters.